The monoisotopic (exact) mass is 332 g/mol. The zero-order chi connectivity index (χ0) is 16.7. The van der Waals surface area contributed by atoms with Crippen LogP contribution in [-0.4, -0.2) is 61.4 Å². The summed E-state index contributed by atoms with van der Waals surface area (Å²) in [6.45, 7) is 2.20. The first kappa shape index (κ1) is 15.7. The molecule has 1 aromatic rings. The molecule has 3 atom stereocenters. The predicted octanol–water partition coefficient (Wildman–Crippen LogP) is 1.63. The number of benzene rings is 1. The van der Waals surface area contributed by atoms with Crippen molar-refractivity contribution >= 4 is 5.91 Å². The number of ether oxygens (including phenoxy) is 3. The Morgan fingerprint density at radius 3 is 2.88 bits per heavy atom. The number of carbonyl (C=O) groups is 1. The second-order valence-electron chi connectivity index (χ2n) is 6.99. The minimum atomic E-state index is -0.272. The van der Waals surface area contributed by atoms with Crippen LogP contribution in [0.25, 0.3) is 0 Å². The van der Waals surface area contributed by atoms with Crippen molar-refractivity contribution in [1.29, 1.82) is 0 Å². The van der Waals surface area contributed by atoms with Crippen molar-refractivity contribution in [2.45, 2.75) is 44.1 Å². The summed E-state index contributed by atoms with van der Waals surface area (Å²) in [7, 11) is 3.58. The van der Waals surface area contributed by atoms with E-state index < -0.39 is 0 Å². The number of rotatable bonds is 3. The van der Waals surface area contributed by atoms with Crippen LogP contribution in [0.2, 0.25) is 0 Å². The Kier molecular flexibility index (Phi) is 4.10. The van der Waals surface area contributed by atoms with Gasteiger partial charge in [0.05, 0.1) is 6.10 Å². The lowest BCUT2D eigenvalue weighted by molar-refractivity contribution is -0.152. The molecular weight excluding hydrogens is 308 g/mol. The van der Waals surface area contributed by atoms with E-state index in [0.29, 0.717) is 12.8 Å². The molecule has 0 aliphatic carbocycles. The standard InChI is InChI=1S/C18H24N2O4/c1-19(2)18(21)16-6-4-13-14(24-16)7-8-20(13)10-12-3-5-15-17(9-12)23-11-22-15/h3,5,9,13-14,16H,4,6-8,10-11H2,1-2H3/t13-,14-,16-/m1/s1. The maximum Gasteiger partial charge on any atom is 0.251 e. The molecule has 130 valence electrons. The number of carbonyl (C=O) groups excluding carboxylic acids is 1. The molecule has 0 spiro atoms. The molecule has 6 heteroatoms. The molecular formula is C18H24N2O4. The number of fused-ring (bicyclic) bond motifs is 2. The van der Waals surface area contributed by atoms with Crippen molar-refractivity contribution in [3.8, 4) is 11.5 Å². The van der Waals surface area contributed by atoms with Crippen LogP contribution in [0.4, 0.5) is 0 Å². The van der Waals surface area contributed by atoms with Gasteiger partial charge in [-0.1, -0.05) is 6.07 Å². The third-order valence-electron chi connectivity index (χ3n) is 5.20. The Hall–Kier alpha value is -1.79. The Morgan fingerprint density at radius 2 is 2.04 bits per heavy atom. The van der Waals surface area contributed by atoms with Crippen molar-refractivity contribution in [3.05, 3.63) is 23.8 Å². The average Bonchev–Trinajstić information content (AvgIpc) is 3.20. The van der Waals surface area contributed by atoms with E-state index in [1.165, 1.54) is 5.56 Å². The summed E-state index contributed by atoms with van der Waals surface area (Å²) in [6, 6.07) is 6.55. The minimum Gasteiger partial charge on any atom is -0.454 e. The van der Waals surface area contributed by atoms with Crippen molar-refractivity contribution in [3.63, 3.8) is 0 Å². The van der Waals surface area contributed by atoms with Crippen LogP contribution in [0.3, 0.4) is 0 Å². The summed E-state index contributed by atoms with van der Waals surface area (Å²) in [5.41, 5.74) is 1.23. The summed E-state index contributed by atoms with van der Waals surface area (Å²) in [6.07, 6.45) is 2.70. The molecule has 2 fully saturated rings. The Morgan fingerprint density at radius 1 is 1.21 bits per heavy atom. The first-order valence-electron chi connectivity index (χ1n) is 8.61. The van der Waals surface area contributed by atoms with Gasteiger partial charge in [-0.15, -0.1) is 0 Å². The molecule has 24 heavy (non-hydrogen) atoms. The van der Waals surface area contributed by atoms with Crippen LogP contribution in [0.5, 0.6) is 11.5 Å². The lowest BCUT2D eigenvalue weighted by atomic mass is 9.98. The van der Waals surface area contributed by atoms with Gasteiger partial charge in [0.1, 0.15) is 6.10 Å². The fraction of sp³-hybridized carbons (Fsp3) is 0.611. The number of hydrogen-bond donors (Lipinski definition) is 0. The summed E-state index contributed by atoms with van der Waals surface area (Å²) in [4.78, 5) is 16.2. The molecule has 0 aromatic heterocycles. The maximum atomic E-state index is 12.1. The quantitative estimate of drug-likeness (QED) is 0.842. The second kappa shape index (κ2) is 6.26. The van der Waals surface area contributed by atoms with Crippen LogP contribution in [0.15, 0.2) is 18.2 Å². The Bertz CT molecular complexity index is 633. The van der Waals surface area contributed by atoms with Crippen LogP contribution in [-0.2, 0) is 16.1 Å². The second-order valence-corrected chi connectivity index (χ2v) is 6.99. The van der Waals surface area contributed by atoms with Crippen molar-refractivity contribution in [2.24, 2.45) is 0 Å². The van der Waals surface area contributed by atoms with E-state index in [9.17, 15) is 4.79 Å². The van der Waals surface area contributed by atoms with E-state index in [4.69, 9.17) is 14.2 Å². The van der Waals surface area contributed by atoms with E-state index in [1.807, 2.05) is 6.07 Å². The zero-order valence-electron chi connectivity index (χ0n) is 14.2. The highest BCUT2D eigenvalue weighted by Gasteiger charge is 2.41. The lowest BCUT2D eigenvalue weighted by Crippen LogP contribution is -2.47. The Labute approximate surface area is 142 Å². The van der Waals surface area contributed by atoms with E-state index in [2.05, 4.69) is 17.0 Å². The third-order valence-corrected chi connectivity index (χ3v) is 5.20. The molecule has 0 bridgehead atoms. The molecule has 6 nitrogen and oxygen atoms in total. The molecule has 3 aliphatic rings. The SMILES string of the molecule is CN(C)C(=O)[C@H]1CC[C@@H]2[C@@H](CCN2Cc2ccc3c(c2)OCO3)O1. The number of nitrogens with zero attached hydrogens (tertiary/aromatic N) is 2. The van der Waals surface area contributed by atoms with Crippen LogP contribution in [0, 0.1) is 0 Å². The molecule has 0 unspecified atom stereocenters. The van der Waals surface area contributed by atoms with Crippen molar-refractivity contribution < 1.29 is 19.0 Å². The molecule has 1 amide bonds. The molecule has 0 saturated carbocycles. The molecule has 0 radical (unpaired) electrons. The fourth-order valence-electron chi connectivity index (χ4n) is 3.95. The lowest BCUT2D eigenvalue weighted by Gasteiger charge is -2.36. The van der Waals surface area contributed by atoms with Gasteiger partial charge in [0.2, 0.25) is 6.79 Å². The van der Waals surface area contributed by atoms with Crippen molar-refractivity contribution in [1.82, 2.24) is 9.80 Å². The number of amides is 1. The summed E-state index contributed by atoms with van der Waals surface area (Å²) < 4.78 is 16.9. The highest BCUT2D eigenvalue weighted by atomic mass is 16.7. The molecule has 3 heterocycles. The number of hydrogen-bond acceptors (Lipinski definition) is 5. The normalized spacial score (nSPS) is 28.7. The highest BCUT2D eigenvalue weighted by Crippen LogP contribution is 2.36. The van der Waals surface area contributed by atoms with Gasteiger partial charge in [-0.25, -0.2) is 0 Å². The average molecular weight is 332 g/mol. The topological polar surface area (TPSA) is 51.2 Å². The van der Waals surface area contributed by atoms with E-state index >= 15 is 0 Å². The van der Waals surface area contributed by atoms with Crippen molar-refractivity contribution in [2.75, 3.05) is 27.4 Å². The summed E-state index contributed by atoms with van der Waals surface area (Å²) in [5.74, 6) is 1.74. The first-order chi connectivity index (χ1) is 11.6. The Balaban J connectivity index is 1.40. The molecule has 4 rings (SSSR count). The van der Waals surface area contributed by atoms with Gasteiger partial charge in [0, 0.05) is 33.2 Å². The molecule has 3 aliphatic heterocycles. The van der Waals surface area contributed by atoms with Crippen LogP contribution < -0.4 is 9.47 Å². The van der Waals surface area contributed by atoms with Gasteiger partial charge in [-0.2, -0.15) is 0 Å². The molecule has 1 aromatic carbocycles. The van der Waals surface area contributed by atoms with Gasteiger partial charge in [-0.3, -0.25) is 9.69 Å². The third kappa shape index (κ3) is 2.84. The smallest absolute Gasteiger partial charge is 0.251 e. The van der Waals surface area contributed by atoms with Gasteiger partial charge in [0.15, 0.2) is 11.5 Å². The van der Waals surface area contributed by atoms with E-state index in [0.717, 1.165) is 43.9 Å². The largest absolute Gasteiger partial charge is 0.454 e. The van der Waals surface area contributed by atoms with Gasteiger partial charge < -0.3 is 19.1 Å². The minimum absolute atomic E-state index is 0.0858. The maximum absolute atomic E-state index is 12.1. The number of likely N-dealkylation sites (N-methyl/N-ethyl adjacent to an activating group) is 1. The van der Waals surface area contributed by atoms with Gasteiger partial charge in [-0.05, 0) is 37.0 Å². The van der Waals surface area contributed by atoms with E-state index in [-0.39, 0.29) is 18.1 Å². The fourth-order valence-corrected chi connectivity index (χ4v) is 3.95. The molecule has 2 saturated heterocycles. The summed E-state index contributed by atoms with van der Waals surface area (Å²) >= 11 is 0. The van der Waals surface area contributed by atoms with Crippen LogP contribution in [0.1, 0.15) is 24.8 Å². The van der Waals surface area contributed by atoms with E-state index in [1.54, 1.807) is 19.0 Å². The molecule has 0 N–H and O–H groups in total. The highest BCUT2D eigenvalue weighted by molar-refractivity contribution is 5.80. The first-order valence-corrected chi connectivity index (χ1v) is 8.61. The number of likely N-dealkylation sites (tertiary alicyclic amines) is 1. The van der Waals surface area contributed by atoms with Gasteiger partial charge >= 0.3 is 0 Å². The summed E-state index contributed by atoms with van der Waals surface area (Å²) in [5, 5.41) is 0. The predicted molar refractivity (Wildman–Crippen MR) is 88.0 cm³/mol. The van der Waals surface area contributed by atoms with Gasteiger partial charge in [0.25, 0.3) is 5.91 Å². The van der Waals surface area contributed by atoms with Crippen LogP contribution >= 0.6 is 0 Å². The zero-order valence-corrected chi connectivity index (χ0v) is 14.2.